The fourth-order valence-corrected chi connectivity index (χ4v) is 4.54. The summed E-state index contributed by atoms with van der Waals surface area (Å²) < 4.78 is 51.6. The molecule has 1 heterocycles. The van der Waals surface area contributed by atoms with Crippen LogP contribution in [0.5, 0.6) is 17.2 Å². The van der Waals surface area contributed by atoms with Gasteiger partial charge in [0.15, 0.2) is 0 Å². The molecule has 0 bridgehead atoms. The number of morpholine rings is 1. The Labute approximate surface area is 196 Å². The molecule has 3 rings (SSSR count). The molecule has 2 aromatic carbocycles. The molecule has 0 atom stereocenters. The summed E-state index contributed by atoms with van der Waals surface area (Å²) in [7, 11) is -3.84. The number of unbranched alkanes of at least 4 members (excludes halogenated alkanes) is 1. The predicted octanol–water partition coefficient (Wildman–Crippen LogP) is 4.30. The summed E-state index contributed by atoms with van der Waals surface area (Å²) in [5.74, 6) is 1.69. The molecular weight excluding hydrogens is 444 g/mol. The van der Waals surface area contributed by atoms with Gasteiger partial charge in [-0.05, 0) is 44.5 Å². The van der Waals surface area contributed by atoms with E-state index in [4.69, 9.17) is 18.9 Å². The molecule has 0 spiro atoms. The molecule has 1 aliphatic heterocycles. The second-order valence-electron chi connectivity index (χ2n) is 7.56. The molecule has 1 aliphatic rings. The van der Waals surface area contributed by atoms with Gasteiger partial charge in [-0.3, -0.25) is 4.72 Å². The SMILES string of the molecule is CCCCOc1ccc(S(=O)(=O)Nc2cc(OCC)c(N3CCOCC3)cc2OCC)cc1. The van der Waals surface area contributed by atoms with Crippen LogP contribution >= 0.6 is 0 Å². The van der Waals surface area contributed by atoms with Gasteiger partial charge in [-0.2, -0.15) is 0 Å². The summed E-state index contributed by atoms with van der Waals surface area (Å²) in [6.07, 6.45) is 1.98. The third kappa shape index (κ3) is 6.68. The summed E-state index contributed by atoms with van der Waals surface area (Å²) in [4.78, 5) is 2.30. The van der Waals surface area contributed by atoms with Crippen LogP contribution in [0.25, 0.3) is 0 Å². The Morgan fingerprint density at radius 2 is 1.61 bits per heavy atom. The molecule has 1 fully saturated rings. The van der Waals surface area contributed by atoms with Gasteiger partial charge < -0.3 is 23.8 Å². The maximum atomic E-state index is 13.1. The zero-order valence-electron chi connectivity index (χ0n) is 19.6. The quantitative estimate of drug-likeness (QED) is 0.455. The highest BCUT2D eigenvalue weighted by atomic mass is 32.2. The molecular formula is C24H34N2O6S. The Morgan fingerprint density at radius 3 is 2.24 bits per heavy atom. The van der Waals surface area contributed by atoms with E-state index in [0.717, 1.165) is 31.6 Å². The van der Waals surface area contributed by atoms with Crippen molar-refractivity contribution in [3.63, 3.8) is 0 Å². The number of nitrogens with zero attached hydrogens (tertiary/aromatic N) is 1. The molecule has 0 saturated carbocycles. The fourth-order valence-electron chi connectivity index (χ4n) is 3.48. The van der Waals surface area contributed by atoms with Gasteiger partial charge >= 0.3 is 0 Å². The molecule has 0 aliphatic carbocycles. The highest BCUT2D eigenvalue weighted by molar-refractivity contribution is 7.92. The predicted molar refractivity (Wildman–Crippen MR) is 129 cm³/mol. The van der Waals surface area contributed by atoms with Crippen molar-refractivity contribution in [2.75, 3.05) is 55.7 Å². The van der Waals surface area contributed by atoms with E-state index >= 15 is 0 Å². The van der Waals surface area contributed by atoms with Gasteiger partial charge in [0.25, 0.3) is 10.0 Å². The lowest BCUT2D eigenvalue weighted by Gasteiger charge is -2.31. The average Bonchev–Trinajstić information content (AvgIpc) is 2.82. The van der Waals surface area contributed by atoms with Crippen LogP contribution < -0.4 is 23.8 Å². The van der Waals surface area contributed by atoms with Gasteiger partial charge in [0.2, 0.25) is 0 Å². The number of hydrogen-bond donors (Lipinski definition) is 1. The number of nitrogens with one attached hydrogen (secondary N) is 1. The first-order valence-corrected chi connectivity index (χ1v) is 13.0. The average molecular weight is 479 g/mol. The zero-order valence-corrected chi connectivity index (χ0v) is 20.4. The van der Waals surface area contributed by atoms with Crippen molar-refractivity contribution in [2.24, 2.45) is 0 Å². The highest BCUT2D eigenvalue weighted by Gasteiger charge is 2.23. The summed E-state index contributed by atoms with van der Waals surface area (Å²) in [5.41, 5.74) is 1.20. The zero-order chi connectivity index (χ0) is 23.7. The molecule has 9 heteroatoms. The lowest BCUT2D eigenvalue weighted by molar-refractivity contribution is 0.122. The second kappa shape index (κ2) is 12.0. The molecule has 2 aromatic rings. The van der Waals surface area contributed by atoms with Gasteiger partial charge in [-0.1, -0.05) is 13.3 Å². The third-order valence-corrected chi connectivity index (χ3v) is 6.54. The van der Waals surface area contributed by atoms with E-state index < -0.39 is 10.0 Å². The molecule has 0 unspecified atom stereocenters. The van der Waals surface area contributed by atoms with Crippen molar-refractivity contribution < 1.29 is 27.4 Å². The second-order valence-corrected chi connectivity index (χ2v) is 9.24. The Kier molecular flexibility index (Phi) is 9.08. The van der Waals surface area contributed by atoms with Crippen molar-refractivity contribution >= 4 is 21.4 Å². The third-order valence-electron chi connectivity index (χ3n) is 5.16. The van der Waals surface area contributed by atoms with E-state index in [1.807, 2.05) is 19.9 Å². The molecule has 0 radical (unpaired) electrons. The van der Waals surface area contributed by atoms with Crippen LogP contribution in [-0.2, 0) is 14.8 Å². The highest BCUT2D eigenvalue weighted by Crippen LogP contribution is 2.40. The monoisotopic (exact) mass is 478 g/mol. The van der Waals surface area contributed by atoms with Gasteiger partial charge in [0.05, 0.1) is 49.3 Å². The maximum Gasteiger partial charge on any atom is 0.262 e. The van der Waals surface area contributed by atoms with Crippen LogP contribution in [0.2, 0.25) is 0 Å². The van der Waals surface area contributed by atoms with Crippen molar-refractivity contribution in [1.29, 1.82) is 0 Å². The Hall–Kier alpha value is -2.65. The molecule has 8 nitrogen and oxygen atoms in total. The number of hydrogen-bond acceptors (Lipinski definition) is 7. The number of sulfonamides is 1. The Balaban J connectivity index is 1.88. The lowest BCUT2D eigenvalue weighted by atomic mass is 10.2. The van der Waals surface area contributed by atoms with Crippen molar-refractivity contribution in [2.45, 2.75) is 38.5 Å². The van der Waals surface area contributed by atoms with Crippen LogP contribution in [0.3, 0.4) is 0 Å². The minimum Gasteiger partial charge on any atom is -0.494 e. The van der Waals surface area contributed by atoms with Crippen LogP contribution in [0.4, 0.5) is 11.4 Å². The van der Waals surface area contributed by atoms with Gasteiger partial charge in [-0.25, -0.2) is 8.42 Å². The summed E-state index contributed by atoms with van der Waals surface area (Å²) >= 11 is 0. The van der Waals surface area contributed by atoms with Crippen molar-refractivity contribution in [3.05, 3.63) is 36.4 Å². The number of benzene rings is 2. The van der Waals surface area contributed by atoms with E-state index in [1.54, 1.807) is 18.2 Å². The topological polar surface area (TPSA) is 86.3 Å². The molecule has 33 heavy (non-hydrogen) atoms. The summed E-state index contributed by atoms with van der Waals surface area (Å²) in [5, 5.41) is 0. The minimum atomic E-state index is -3.84. The van der Waals surface area contributed by atoms with E-state index in [2.05, 4.69) is 16.5 Å². The van der Waals surface area contributed by atoms with Crippen LogP contribution in [-0.4, -0.2) is 54.5 Å². The Morgan fingerprint density at radius 1 is 0.939 bits per heavy atom. The first-order valence-electron chi connectivity index (χ1n) is 11.5. The van der Waals surface area contributed by atoms with Gasteiger partial charge in [0.1, 0.15) is 17.2 Å². The van der Waals surface area contributed by atoms with E-state index in [-0.39, 0.29) is 4.90 Å². The molecule has 0 amide bonds. The van der Waals surface area contributed by atoms with Crippen molar-refractivity contribution in [1.82, 2.24) is 0 Å². The van der Waals surface area contributed by atoms with E-state index in [9.17, 15) is 8.42 Å². The van der Waals surface area contributed by atoms with Crippen LogP contribution in [0.1, 0.15) is 33.6 Å². The van der Waals surface area contributed by atoms with E-state index in [1.165, 1.54) is 12.1 Å². The number of rotatable bonds is 12. The summed E-state index contributed by atoms with van der Waals surface area (Å²) in [6, 6.07) is 9.94. The summed E-state index contributed by atoms with van der Waals surface area (Å²) in [6.45, 7) is 10.0. The molecule has 0 aromatic heterocycles. The number of ether oxygens (including phenoxy) is 4. The maximum absolute atomic E-state index is 13.1. The molecule has 1 saturated heterocycles. The first kappa shape index (κ1) is 25.0. The smallest absolute Gasteiger partial charge is 0.262 e. The molecule has 1 N–H and O–H groups in total. The van der Waals surface area contributed by atoms with Crippen molar-refractivity contribution in [3.8, 4) is 17.2 Å². The standard InChI is InChI=1S/C24H34N2O6S/c1-4-7-14-32-19-8-10-20(11-9-19)33(27,28)25-21-17-24(31-6-3)22(18-23(21)30-5-2)26-12-15-29-16-13-26/h8-11,17-18,25H,4-7,12-16H2,1-3H3. The number of anilines is 2. The van der Waals surface area contributed by atoms with Crippen LogP contribution in [0.15, 0.2) is 41.3 Å². The lowest BCUT2D eigenvalue weighted by Crippen LogP contribution is -2.36. The normalized spacial score (nSPS) is 14.1. The van der Waals surface area contributed by atoms with Crippen LogP contribution in [0, 0.1) is 0 Å². The first-order chi connectivity index (χ1) is 16.0. The Bertz CT molecular complexity index is 989. The molecule has 182 valence electrons. The fraction of sp³-hybridized carbons (Fsp3) is 0.500. The van der Waals surface area contributed by atoms with Gasteiger partial charge in [-0.15, -0.1) is 0 Å². The van der Waals surface area contributed by atoms with E-state index in [0.29, 0.717) is 56.0 Å². The van der Waals surface area contributed by atoms with Gasteiger partial charge in [0, 0.05) is 25.2 Å². The largest absolute Gasteiger partial charge is 0.494 e. The minimum absolute atomic E-state index is 0.142.